The van der Waals surface area contributed by atoms with Crippen molar-refractivity contribution in [3.63, 3.8) is 0 Å². The van der Waals surface area contributed by atoms with Gasteiger partial charge >= 0.3 is 0 Å². The number of hydrogen-bond donors (Lipinski definition) is 1. The zero-order valence-electron chi connectivity index (χ0n) is 18.1. The number of nitrogens with one attached hydrogen (secondary N) is 1. The van der Waals surface area contributed by atoms with E-state index in [1.807, 2.05) is 50.2 Å². The summed E-state index contributed by atoms with van der Waals surface area (Å²) in [6.45, 7) is 9.11. The fourth-order valence-corrected chi connectivity index (χ4v) is 3.90. The van der Waals surface area contributed by atoms with Crippen LogP contribution in [0.3, 0.4) is 0 Å². The highest BCUT2D eigenvalue weighted by atomic mass is 32.2. The molecule has 2 aromatic carbocycles. The Kier molecular flexibility index (Phi) is 7.15. The lowest BCUT2D eigenvalue weighted by Crippen LogP contribution is -2.16. The summed E-state index contributed by atoms with van der Waals surface area (Å²) in [5, 5.41) is 12.5. The van der Waals surface area contributed by atoms with Gasteiger partial charge < -0.3 is 14.6 Å². The minimum atomic E-state index is -0.0583. The number of aromatic nitrogens is 3. The van der Waals surface area contributed by atoms with Gasteiger partial charge in [0, 0.05) is 17.8 Å². The predicted octanol–water partition coefficient (Wildman–Crippen LogP) is 4.96. The van der Waals surface area contributed by atoms with Gasteiger partial charge in [-0.15, -0.1) is 10.2 Å². The summed E-state index contributed by atoms with van der Waals surface area (Å²) < 4.78 is 7.33. The molecule has 158 valence electrons. The SMILES string of the molecule is COc1ccc(-c2nnc(SCC(=O)Nc3ccc(C)cc3C)n2CC(C)C)cc1. The summed E-state index contributed by atoms with van der Waals surface area (Å²) in [5.41, 5.74) is 4.04. The van der Waals surface area contributed by atoms with Crippen molar-refractivity contribution in [1.29, 1.82) is 0 Å². The summed E-state index contributed by atoms with van der Waals surface area (Å²) in [7, 11) is 1.65. The molecule has 0 atom stereocenters. The Morgan fingerprint density at radius 3 is 2.50 bits per heavy atom. The molecule has 1 aromatic heterocycles. The van der Waals surface area contributed by atoms with Gasteiger partial charge in [0.05, 0.1) is 12.9 Å². The Morgan fingerprint density at radius 2 is 1.87 bits per heavy atom. The molecule has 1 heterocycles. The number of benzene rings is 2. The third kappa shape index (κ3) is 5.42. The summed E-state index contributed by atoms with van der Waals surface area (Å²) in [6.07, 6.45) is 0. The lowest BCUT2D eigenvalue weighted by Gasteiger charge is -2.13. The molecule has 3 rings (SSSR count). The van der Waals surface area contributed by atoms with Gasteiger partial charge in [0.2, 0.25) is 5.91 Å². The molecule has 0 saturated carbocycles. The molecule has 0 aliphatic rings. The zero-order valence-corrected chi connectivity index (χ0v) is 18.9. The Hall–Kier alpha value is -2.80. The van der Waals surface area contributed by atoms with E-state index in [-0.39, 0.29) is 11.7 Å². The van der Waals surface area contributed by atoms with Crippen LogP contribution in [0.1, 0.15) is 25.0 Å². The molecular weight excluding hydrogens is 396 g/mol. The van der Waals surface area contributed by atoms with Gasteiger partial charge in [0.25, 0.3) is 0 Å². The van der Waals surface area contributed by atoms with E-state index in [0.29, 0.717) is 5.92 Å². The minimum absolute atomic E-state index is 0.0583. The average Bonchev–Trinajstić information content (AvgIpc) is 3.10. The topological polar surface area (TPSA) is 69.0 Å². The van der Waals surface area contributed by atoms with Crippen LogP contribution in [-0.2, 0) is 11.3 Å². The van der Waals surface area contributed by atoms with Crippen molar-refractivity contribution in [3.8, 4) is 17.1 Å². The van der Waals surface area contributed by atoms with Crippen LogP contribution in [-0.4, -0.2) is 33.5 Å². The third-order valence-corrected chi connectivity index (χ3v) is 5.57. The number of anilines is 1. The maximum absolute atomic E-state index is 12.5. The average molecular weight is 425 g/mol. The van der Waals surface area contributed by atoms with Crippen molar-refractivity contribution in [2.75, 3.05) is 18.2 Å². The largest absolute Gasteiger partial charge is 0.497 e. The molecular formula is C23H28N4O2S. The highest BCUT2D eigenvalue weighted by Gasteiger charge is 2.17. The first kappa shape index (κ1) is 21.9. The van der Waals surface area contributed by atoms with Crippen LogP contribution in [0.5, 0.6) is 5.75 Å². The van der Waals surface area contributed by atoms with E-state index in [0.717, 1.165) is 40.1 Å². The van der Waals surface area contributed by atoms with Gasteiger partial charge in [-0.3, -0.25) is 4.79 Å². The van der Waals surface area contributed by atoms with Crippen LogP contribution in [0, 0.1) is 19.8 Å². The minimum Gasteiger partial charge on any atom is -0.497 e. The molecule has 0 radical (unpaired) electrons. The number of methoxy groups -OCH3 is 1. The van der Waals surface area contributed by atoms with Crippen molar-refractivity contribution in [2.24, 2.45) is 5.92 Å². The number of nitrogens with zero attached hydrogens (tertiary/aromatic N) is 3. The first-order chi connectivity index (χ1) is 14.4. The van der Waals surface area contributed by atoms with E-state index in [1.165, 1.54) is 17.3 Å². The Balaban J connectivity index is 1.74. The first-order valence-corrected chi connectivity index (χ1v) is 10.9. The van der Waals surface area contributed by atoms with Crippen LogP contribution in [0.2, 0.25) is 0 Å². The second-order valence-corrected chi connectivity index (χ2v) is 8.64. The highest BCUT2D eigenvalue weighted by molar-refractivity contribution is 7.99. The van der Waals surface area contributed by atoms with Crippen LogP contribution in [0.15, 0.2) is 47.6 Å². The fourth-order valence-electron chi connectivity index (χ4n) is 3.15. The van der Waals surface area contributed by atoms with E-state index < -0.39 is 0 Å². The normalized spacial score (nSPS) is 11.0. The number of rotatable bonds is 8. The Labute approximate surface area is 182 Å². The van der Waals surface area contributed by atoms with Crippen molar-refractivity contribution in [3.05, 3.63) is 53.6 Å². The van der Waals surface area contributed by atoms with E-state index in [4.69, 9.17) is 4.74 Å². The van der Waals surface area contributed by atoms with Crippen molar-refractivity contribution < 1.29 is 9.53 Å². The number of aryl methyl sites for hydroxylation is 2. The summed E-state index contributed by atoms with van der Waals surface area (Å²) in [6, 6.07) is 13.8. The summed E-state index contributed by atoms with van der Waals surface area (Å²) >= 11 is 1.40. The van der Waals surface area contributed by atoms with E-state index in [1.54, 1.807) is 7.11 Å². The number of amides is 1. The van der Waals surface area contributed by atoms with Crippen LogP contribution in [0.25, 0.3) is 11.4 Å². The van der Waals surface area contributed by atoms with E-state index >= 15 is 0 Å². The van der Waals surface area contributed by atoms with Gasteiger partial charge in [0.15, 0.2) is 11.0 Å². The van der Waals surface area contributed by atoms with Gasteiger partial charge in [-0.1, -0.05) is 43.3 Å². The molecule has 1 N–H and O–H groups in total. The number of hydrogen-bond acceptors (Lipinski definition) is 5. The zero-order chi connectivity index (χ0) is 21.7. The van der Waals surface area contributed by atoms with Crippen molar-refractivity contribution in [1.82, 2.24) is 14.8 Å². The molecule has 0 aliphatic carbocycles. The number of carbonyl (C=O) groups is 1. The molecule has 0 fully saturated rings. The van der Waals surface area contributed by atoms with E-state index in [2.05, 4.69) is 40.0 Å². The monoisotopic (exact) mass is 424 g/mol. The van der Waals surface area contributed by atoms with Crippen LogP contribution < -0.4 is 10.1 Å². The standard InChI is InChI=1S/C23H28N4O2S/c1-15(2)13-27-22(18-7-9-19(29-5)10-8-18)25-26-23(27)30-14-21(28)24-20-11-6-16(3)12-17(20)4/h6-12,15H,13-14H2,1-5H3,(H,24,28). The molecule has 0 saturated heterocycles. The molecule has 0 bridgehead atoms. The van der Waals surface area contributed by atoms with E-state index in [9.17, 15) is 4.79 Å². The molecule has 7 heteroatoms. The summed E-state index contributed by atoms with van der Waals surface area (Å²) in [4.78, 5) is 12.5. The molecule has 1 amide bonds. The third-order valence-electron chi connectivity index (χ3n) is 4.60. The number of thioether (sulfide) groups is 1. The lowest BCUT2D eigenvalue weighted by atomic mass is 10.1. The second kappa shape index (κ2) is 9.80. The number of carbonyl (C=O) groups excluding carboxylic acids is 1. The van der Waals surface area contributed by atoms with Gasteiger partial charge in [0.1, 0.15) is 5.75 Å². The molecule has 0 unspecified atom stereocenters. The quantitative estimate of drug-likeness (QED) is 0.518. The second-order valence-electron chi connectivity index (χ2n) is 7.69. The lowest BCUT2D eigenvalue weighted by molar-refractivity contribution is -0.113. The predicted molar refractivity (Wildman–Crippen MR) is 122 cm³/mol. The number of ether oxygens (including phenoxy) is 1. The van der Waals surface area contributed by atoms with Crippen LogP contribution >= 0.6 is 11.8 Å². The fraction of sp³-hybridized carbons (Fsp3) is 0.348. The molecule has 0 spiro atoms. The van der Waals surface area contributed by atoms with Gasteiger partial charge in [-0.25, -0.2) is 0 Å². The maximum Gasteiger partial charge on any atom is 0.234 e. The van der Waals surface area contributed by atoms with Crippen molar-refractivity contribution >= 4 is 23.4 Å². The molecule has 6 nitrogen and oxygen atoms in total. The van der Waals surface area contributed by atoms with Gasteiger partial charge in [-0.05, 0) is 55.7 Å². The summed E-state index contributed by atoms with van der Waals surface area (Å²) in [5.74, 6) is 2.22. The molecule has 0 aliphatic heterocycles. The molecule has 30 heavy (non-hydrogen) atoms. The smallest absolute Gasteiger partial charge is 0.234 e. The van der Waals surface area contributed by atoms with Gasteiger partial charge in [-0.2, -0.15) is 0 Å². The maximum atomic E-state index is 12.5. The molecule has 3 aromatic rings. The van der Waals surface area contributed by atoms with Crippen LogP contribution in [0.4, 0.5) is 5.69 Å². The highest BCUT2D eigenvalue weighted by Crippen LogP contribution is 2.27. The first-order valence-electron chi connectivity index (χ1n) is 9.95. The van der Waals surface area contributed by atoms with Crippen molar-refractivity contribution in [2.45, 2.75) is 39.4 Å². The Morgan fingerprint density at radius 1 is 1.13 bits per heavy atom. The Bertz CT molecular complexity index is 1010.